The summed E-state index contributed by atoms with van der Waals surface area (Å²) in [6.45, 7) is 4.18. The Morgan fingerprint density at radius 3 is 2.29 bits per heavy atom. The van der Waals surface area contributed by atoms with Crippen molar-refractivity contribution in [2.24, 2.45) is 0 Å². The van der Waals surface area contributed by atoms with Crippen molar-refractivity contribution in [3.8, 4) is 0 Å². The van der Waals surface area contributed by atoms with Gasteiger partial charge in [-0.05, 0) is 40.1 Å². The van der Waals surface area contributed by atoms with Gasteiger partial charge in [0.2, 0.25) is 0 Å². The topological polar surface area (TPSA) is 58.4 Å². The van der Waals surface area contributed by atoms with Gasteiger partial charge >= 0.3 is 6.18 Å². The van der Waals surface area contributed by atoms with Crippen LogP contribution in [0.2, 0.25) is 0 Å². The number of anilines is 1. The first-order chi connectivity index (χ1) is 9.45. The Bertz CT molecular complexity index is 528. The predicted molar refractivity (Wildman–Crippen MR) is 74.4 cm³/mol. The number of nitro groups is 1. The molecule has 0 saturated carbocycles. The maximum atomic E-state index is 12.6. The first-order valence-electron chi connectivity index (χ1n) is 6.22. The van der Waals surface area contributed by atoms with Crippen molar-refractivity contribution in [3.63, 3.8) is 0 Å². The first kappa shape index (κ1) is 17.2. The molecule has 0 heterocycles. The number of benzene rings is 1. The van der Waals surface area contributed by atoms with Crippen molar-refractivity contribution in [2.45, 2.75) is 25.6 Å². The van der Waals surface area contributed by atoms with Gasteiger partial charge in [-0.25, -0.2) is 0 Å². The Morgan fingerprint density at radius 2 is 1.86 bits per heavy atom. The molecule has 1 aromatic carbocycles. The van der Waals surface area contributed by atoms with Gasteiger partial charge in [0.25, 0.3) is 5.69 Å². The second-order valence-electron chi connectivity index (χ2n) is 5.55. The number of hydrogen-bond acceptors (Lipinski definition) is 4. The second kappa shape index (κ2) is 5.88. The van der Waals surface area contributed by atoms with E-state index in [1.165, 1.54) is 0 Å². The largest absolute Gasteiger partial charge is 0.416 e. The maximum Gasteiger partial charge on any atom is 0.416 e. The molecule has 0 aliphatic heterocycles. The monoisotopic (exact) mass is 305 g/mol. The van der Waals surface area contributed by atoms with Gasteiger partial charge in [0.15, 0.2) is 0 Å². The molecule has 0 bridgehead atoms. The van der Waals surface area contributed by atoms with Crippen LogP contribution in [0.1, 0.15) is 19.4 Å². The van der Waals surface area contributed by atoms with Crippen LogP contribution in [-0.2, 0) is 6.18 Å². The smallest absolute Gasteiger partial charge is 0.378 e. The lowest BCUT2D eigenvalue weighted by molar-refractivity contribution is -0.384. The van der Waals surface area contributed by atoms with Crippen molar-refractivity contribution < 1.29 is 18.1 Å². The van der Waals surface area contributed by atoms with Crippen molar-refractivity contribution in [1.82, 2.24) is 4.90 Å². The molecule has 0 saturated heterocycles. The van der Waals surface area contributed by atoms with Crippen LogP contribution in [0, 0.1) is 10.1 Å². The van der Waals surface area contributed by atoms with Gasteiger partial charge in [-0.15, -0.1) is 0 Å². The van der Waals surface area contributed by atoms with Crippen LogP contribution >= 0.6 is 0 Å². The van der Waals surface area contributed by atoms with E-state index >= 15 is 0 Å². The zero-order chi connectivity index (χ0) is 16.4. The number of halogens is 3. The summed E-state index contributed by atoms with van der Waals surface area (Å²) in [7, 11) is 3.70. The van der Waals surface area contributed by atoms with Gasteiger partial charge in [-0.3, -0.25) is 10.1 Å². The fourth-order valence-electron chi connectivity index (χ4n) is 1.48. The third-order valence-corrected chi connectivity index (χ3v) is 3.44. The molecule has 0 radical (unpaired) electrons. The van der Waals surface area contributed by atoms with Crippen LogP contribution in [0.15, 0.2) is 18.2 Å². The minimum Gasteiger partial charge on any atom is -0.378 e. The number of likely N-dealkylation sites (N-methyl/N-ethyl adjacent to an activating group) is 1. The summed E-state index contributed by atoms with van der Waals surface area (Å²) in [5.41, 5.74) is -1.86. The van der Waals surface area contributed by atoms with Gasteiger partial charge in [0, 0.05) is 18.2 Å². The highest BCUT2D eigenvalue weighted by Gasteiger charge is 2.33. The molecule has 0 amide bonds. The van der Waals surface area contributed by atoms with Gasteiger partial charge in [0.1, 0.15) is 5.69 Å². The Hall–Kier alpha value is -1.83. The molecule has 0 fully saturated rings. The van der Waals surface area contributed by atoms with E-state index in [0.29, 0.717) is 12.6 Å². The normalized spacial score (nSPS) is 12.6. The summed E-state index contributed by atoms with van der Waals surface area (Å²) in [6, 6.07) is 2.47. The quantitative estimate of drug-likeness (QED) is 0.669. The molecule has 1 aromatic rings. The molecule has 0 atom stereocenters. The molecule has 0 unspecified atom stereocenters. The lowest BCUT2D eigenvalue weighted by atomic mass is 10.0. The van der Waals surface area contributed by atoms with Crippen molar-refractivity contribution in [2.75, 3.05) is 26.0 Å². The molecule has 1 N–H and O–H groups in total. The fraction of sp³-hybridized carbons (Fsp3) is 0.538. The van der Waals surface area contributed by atoms with Gasteiger partial charge in [0.05, 0.1) is 10.5 Å². The molecule has 21 heavy (non-hydrogen) atoms. The SMILES string of the molecule is CN(C)C(C)(C)CNc1ccc(C(F)(F)F)cc1[N+](=O)[O-]. The van der Waals surface area contributed by atoms with E-state index in [-0.39, 0.29) is 11.2 Å². The molecule has 0 aliphatic rings. The van der Waals surface area contributed by atoms with E-state index in [2.05, 4.69) is 5.32 Å². The summed E-state index contributed by atoms with van der Waals surface area (Å²) >= 11 is 0. The van der Waals surface area contributed by atoms with E-state index in [1.54, 1.807) is 0 Å². The minimum absolute atomic E-state index is 0.0722. The molecule has 8 heteroatoms. The summed E-state index contributed by atoms with van der Waals surface area (Å²) in [5, 5.41) is 13.8. The second-order valence-corrected chi connectivity index (χ2v) is 5.55. The Balaban J connectivity index is 3.06. The van der Waals surface area contributed by atoms with E-state index in [0.717, 1.165) is 12.1 Å². The van der Waals surface area contributed by atoms with Crippen molar-refractivity contribution in [1.29, 1.82) is 0 Å². The zero-order valence-corrected chi connectivity index (χ0v) is 12.3. The predicted octanol–water partition coefficient (Wildman–Crippen LogP) is 3.37. The molecule has 0 spiro atoms. The highest BCUT2D eigenvalue weighted by molar-refractivity contribution is 5.63. The first-order valence-corrected chi connectivity index (χ1v) is 6.22. The van der Waals surface area contributed by atoms with Crippen LogP contribution < -0.4 is 5.32 Å². The zero-order valence-electron chi connectivity index (χ0n) is 12.3. The van der Waals surface area contributed by atoms with Gasteiger partial charge < -0.3 is 10.2 Å². The third-order valence-electron chi connectivity index (χ3n) is 3.44. The molecule has 0 aliphatic carbocycles. The summed E-state index contributed by atoms with van der Waals surface area (Å²) in [4.78, 5) is 12.0. The fourth-order valence-corrected chi connectivity index (χ4v) is 1.48. The van der Waals surface area contributed by atoms with Crippen LogP contribution in [0.5, 0.6) is 0 Å². The molecular weight excluding hydrogens is 287 g/mol. The van der Waals surface area contributed by atoms with E-state index in [1.807, 2.05) is 32.8 Å². The Labute approximate surface area is 120 Å². The number of nitro benzene ring substituents is 1. The van der Waals surface area contributed by atoms with Crippen molar-refractivity contribution in [3.05, 3.63) is 33.9 Å². The number of alkyl halides is 3. The number of nitrogens with one attached hydrogen (secondary N) is 1. The van der Waals surface area contributed by atoms with Crippen molar-refractivity contribution >= 4 is 11.4 Å². The average molecular weight is 305 g/mol. The van der Waals surface area contributed by atoms with Crippen LogP contribution in [0.3, 0.4) is 0 Å². The Kier molecular flexibility index (Phi) is 4.83. The van der Waals surface area contributed by atoms with Crippen LogP contribution in [0.25, 0.3) is 0 Å². The standard InChI is InChI=1S/C13H18F3N3O2/c1-12(2,18(3)4)8-17-10-6-5-9(13(14,15)16)7-11(10)19(20)21/h5-7,17H,8H2,1-4H3. The number of hydrogen-bond donors (Lipinski definition) is 1. The summed E-state index contributed by atoms with van der Waals surface area (Å²) < 4.78 is 37.8. The average Bonchev–Trinajstić information content (AvgIpc) is 2.34. The van der Waals surface area contributed by atoms with E-state index in [4.69, 9.17) is 0 Å². The van der Waals surface area contributed by atoms with E-state index in [9.17, 15) is 23.3 Å². The van der Waals surface area contributed by atoms with E-state index < -0.39 is 22.4 Å². The highest BCUT2D eigenvalue weighted by atomic mass is 19.4. The van der Waals surface area contributed by atoms with Crippen LogP contribution in [-0.4, -0.2) is 36.0 Å². The molecule has 5 nitrogen and oxygen atoms in total. The van der Waals surface area contributed by atoms with Gasteiger partial charge in [-0.2, -0.15) is 13.2 Å². The minimum atomic E-state index is -4.60. The number of rotatable bonds is 5. The molecular formula is C13H18F3N3O2. The Morgan fingerprint density at radius 1 is 1.29 bits per heavy atom. The number of nitrogens with zero attached hydrogens (tertiary/aromatic N) is 2. The lowest BCUT2D eigenvalue weighted by Crippen LogP contribution is -2.44. The van der Waals surface area contributed by atoms with Crippen LogP contribution in [0.4, 0.5) is 24.5 Å². The van der Waals surface area contributed by atoms with Gasteiger partial charge in [-0.1, -0.05) is 0 Å². The third kappa shape index (κ3) is 4.32. The molecule has 1 rings (SSSR count). The lowest BCUT2D eigenvalue weighted by Gasteiger charge is -2.33. The summed E-state index contributed by atoms with van der Waals surface area (Å²) in [6.07, 6.45) is -4.60. The maximum absolute atomic E-state index is 12.6. The summed E-state index contributed by atoms with van der Waals surface area (Å²) in [5.74, 6) is 0. The molecule has 118 valence electrons. The molecule has 0 aromatic heterocycles. The highest BCUT2D eigenvalue weighted by Crippen LogP contribution is 2.35.